The molecule has 1 saturated heterocycles. The van der Waals surface area contributed by atoms with Crippen LogP contribution < -0.4 is 13.8 Å². The average molecular weight is 546 g/mol. The number of hydrogen-bond donors (Lipinski definition) is 1. The molecule has 12 heteroatoms. The summed E-state index contributed by atoms with van der Waals surface area (Å²) in [5.74, 6) is -0.109. The van der Waals surface area contributed by atoms with E-state index in [-0.39, 0.29) is 10.6 Å². The first-order valence-corrected chi connectivity index (χ1v) is 13.3. The number of sulfonamides is 1. The van der Waals surface area contributed by atoms with E-state index < -0.39 is 32.6 Å². The van der Waals surface area contributed by atoms with Crippen molar-refractivity contribution in [3.05, 3.63) is 82.2 Å². The number of nitro groups is 1. The summed E-state index contributed by atoms with van der Waals surface area (Å²) in [6.07, 6.45) is 0.962. The van der Waals surface area contributed by atoms with Crippen molar-refractivity contribution >= 4 is 21.4 Å². The predicted octanol–water partition coefficient (Wildman–Crippen LogP) is 4.32. The third-order valence-electron chi connectivity index (χ3n) is 6.52. The monoisotopic (exact) mass is 545 g/mol. The maximum absolute atomic E-state index is 13.8. The van der Waals surface area contributed by atoms with Crippen LogP contribution in [0.4, 0.5) is 15.8 Å². The van der Waals surface area contributed by atoms with Crippen LogP contribution in [-0.4, -0.2) is 56.7 Å². The van der Waals surface area contributed by atoms with Gasteiger partial charge in [0.1, 0.15) is 5.82 Å². The van der Waals surface area contributed by atoms with E-state index in [9.17, 15) is 28.0 Å². The van der Waals surface area contributed by atoms with Gasteiger partial charge in [-0.2, -0.15) is 0 Å². The number of anilines is 1. The fraction of sp³-hybridized carbons (Fsp3) is 0.308. The van der Waals surface area contributed by atoms with E-state index >= 15 is 0 Å². The minimum atomic E-state index is -4.06. The molecule has 0 aliphatic carbocycles. The lowest BCUT2D eigenvalue weighted by atomic mass is 10.0. The first kappa shape index (κ1) is 27.1. The molecule has 0 bridgehead atoms. The molecular formula is C26H28FN3O7S. The number of halogens is 1. The van der Waals surface area contributed by atoms with Crippen molar-refractivity contribution in [2.45, 2.75) is 30.3 Å². The molecule has 10 nitrogen and oxygen atoms in total. The predicted molar refractivity (Wildman–Crippen MR) is 139 cm³/mol. The highest BCUT2D eigenvalue weighted by Gasteiger charge is 2.35. The molecule has 0 spiro atoms. The number of ether oxygens (including phenoxy) is 2. The summed E-state index contributed by atoms with van der Waals surface area (Å²) in [7, 11) is -1.11. The van der Waals surface area contributed by atoms with Gasteiger partial charge in [-0.15, -0.1) is 0 Å². The highest BCUT2D eigenvalue weighted by Crippen LogP contribution is 2.37. The Hall–Kier alpha value is -3.90. The first-order chi connectivity index (χ1) is 18.1. The van der Waals surface area contributed by atoms with E-state index in [0.717, 1.165) is 12.1 Å². The van der Waals surface area contributed by atoms with Gasteiger partial charge in [0, 0.05) is 37.8 Å². The van der Waals surface area contributed by atoms with Crippen molar-refractivity contribution in [1.82, 2.24) is 4.90 Å². The molecule has 0 atom stereocenters. The number of rotatable bonds is 9. The van der Waals surface area contributed by atoms with Crippen LogP contribution in [0.25, 0.3) is 0 Å². The van der Waals surface area contributed by atoms with Crippen LogP contribution >= 0.6 is 0 Å². The molecule has 3 aromatic carbocycles. The molecule has 1 aliphatic rings. The third-order valence-corrected chi connectivity index (χ3v) is 8.42. The third kappa shape index (κ3) is 5.65. The minimum absolute atomic E-state index is 0.0347. The van der Waals surface area contributed by atoms with E-state index in [1.807, 2.05) is 0 Å². The molecule has 0 unspecified atom stereocenters. The summed E-state index contributed by atoms with van der Waals surface area (Å²) in [5.41, 5.74) is 0.700. The standard InChI is InChI=1S/C26H28FN3O7S/c1-36-25-10-6-21(16-26(25)37-2)29(38(34,35)22-7-4-19(27)5-8-22)20-11-13-28(14-12-20)17-18-3-9-24(31)23(15-18)30(32)33/h3-10,15-16,20,31H,11-14,17H2,1-2H3. The van der Waals surface area contributed by atoms with Crippen LogP contribution in [-0.2, 0) is 16.6 Å². The second kappa shape index (κ2) is 11.2. The van der Waals surface area contributed by atoms with Crippen molar-refractivity contribution in [2.24, 2.45) is 0 Å². The van der Waals surface area contributed by atoms with Gasteiger partial charge >= 0.3 is 5.69 Å². The normalized spacial score (nSPS) is 14.7. The van der Waals surface area contributed by atoms with Gasteiger partial charge in [0.2, 0.25) is 0 Å². The topological polar surface area (TPSA) is 122 Å². The zero-order valence-corrected chi connectivity index (χ0v) is 21.7. The van der Waals surface area contributed by atoms with Gasteiger partial charge in [0.05, 0.1) is 29.7 Å². The number of aromatic hydroxyl groups is 1. The summed E-state index contributed by atoms with van der Waals surface area (Å²) in [6.45, 7) is 1.47. The number of hydrogen-bond acceptors (Lipinski definition) is 8. The Balaban J connectivity index is 1.61. The van der Waals surface area contributed by atoms with Gasteiger partial charge in [0.25, 0.3) is 10.0 Å². The Kier molecular flexibility index (Phi) is 8.02. The largest absolute Gasteiger partial charge is 0.502 e. The molecule has 0 aromatic heterocycles. The van der Waals surface area contributed by atoms with Gasteiger partial charge in [-0.25, -0.2) is 12.8 Å². The number of phenolic OH excluding ortho intramolecular Hbond substituents is 1. The lowest BCUT2D eigenvalue weighted by Gasteiger charge is -2.39. The summed E-state index contributed by atoms with van der Waals surface area (Å²) < 4.78 is 53.3. The smallest absolute Gasteiger partial charge is 0.311 e. The number of nitrogens with zero attached hydrogens (tertiary/aromatic N) is 3. The first-order valence-electron chi connectivity index (χ1n) is 11.8. The van der Waals surface area contributed by atoms with Crippen molar-refractivity contribution < 1.29 is 32.3 Å². The van der Waals surface area contributed by atoms with Crippen molar-refractivity contribution in [3.63, 3.8) is 0 Å². The van der Waals surface area contributed by atoms with E-state index in [1.54, 1.807) is 24.3 Å². The number of methoxy groups -OCH3 is 2. The van der Waals surface area contributed by atoms with Crippen LogP contribution in [0.1, 0.15) is 18.4 Å². The van der Waals surface area contributed by atoms with Crippen molar-refractivity contribution in [1.29, 1.82) is 0 Å². The fourth-order valence-electron chi connectivity index (χ4n) is 4.61. The molecule has 1 fully saturated rings. The molecule has 1 heterocycles. The molecular weight excluding hydrogens is 517 g/mol. The van der Waals surface area contributed by atoms with E-state index in [4.69, 9.17) is 9.47 Å². The Morgan fingerprint density at radius 3 is 2.29 bits per heavy atom. The molecule has 3 aromatic rings. The molecule has 0 amide bonds. The Morgan fingerprint density at radius 2 is 1.68 bits per heavy atom. The zero-order chi connectivity index (χ0) is 27.4. The maximum Gasteiger partial charge on any atom is 0.311 e. The molecule has 38 heavy (non-hydrogen) atoms. The molecule has 1 N–H and O–H groups in total. The second-order valence-electron chi connectivity index (χ2n) is 8.88. The minimum Gasteiger partial charge on any atom is -0.502 e. The van der Waals surface area contributed by atoms with Crippen LogP contribution in [0, 0.1) is 15.9 Å². The Bertz CT molecular complexity index is 1410. The summed E-state index contributed by atoms with van der Waals surface area (Å²) in [5, 5.41) is 20.9. The summed E-state index contributed by atoms with van der Waals surface area (Å²) >= 11 is 0. The van der Waals surface area contributed by atoms with Crippen molar-refractivity contribution in [3.8, 4) is 17.2 Å². The molecule has 1 aliphatic heterocycles. The highest BCUT2D eigenvalue weighted by molar-refractivity contribution is 7.92. The molecule has 4 rings (SSSR count). The summed E-state index contributed by atoms with van der Waals surface area (Å²) in [6, 6.07) is 13.4. The number of benzene rings is 3. The van der Waals surface area contributed by atoms with E-state index in [1.165, 1.54) is 42.8 Å². The van der Waals surface area contributed by atoms with Gasteiger partial charge in [-0.1, -0.05) is 6.07 Å². The van der Waals surface area contributed by atoms with E-state index in [2.05, 4.69) is 4.90 Å². The Labute approximate surface area is 220 Å². The van der Waals surface area contributed by atoms with Gasteiger partial charge in [-0.05, 0) is 60.9 Å². The van der Waals surface area contributed by atoms with Crippen LogP contribution in [0.3, 0.4) is 0 Å². The number of likely N-dealkylation sites (tertiary alicyclic amines) is 1. The lowest BCUT2D eigenvalue weighted by molar-refractivity contribution is -0.385. The van der Waals surface area contributed by atoms with Crippen LogP contribution in [0.15, 0.2) is 65.6 Å². The number of phenols is 1. The highest BCUT2D eigenvalue weighted by atomic mass is 32.2. The van der Waals surface area contributed by atoms with Crippen LogP contribution in [0.5, 0.6) is 17.2 Å². The average Bonchev–Trinajstić information content (AvgIpc) is 2.90. The lowest BCUT2D eigenvalue weighted by Crippen LogP contribution is -2.47. The fourth-order valence-corrected chi connectivity index (χ4v) is 6.31. The molecule has 0 saturated carbocycles. The number of piperidine rings is 1. The SMILES string of the molecule is COc1ccc(N(C2CCN(Cc3ccc(O)c([N+](=O)[O-])c3)CC2)S(=O)(=O)c2ccc(F)cc2)cc1OC. The number of nitro benzene ring substituents is 1. The van der Waals surface area contributed by atoms with E-state index in [0.29, 0.717) is 55.2 Å². The second-order valence-corrected chi connectivity index (χ2v) is 10.7. The summed E-state index contributed by atoms with van der Waals surface area (Å²) in [4.78, 5) is 12.6. The van der Waals surface area contributed by atoms with Crippen molar-refractivity contribution in [2.75, 3.05) is 31.6 Å². The molecule has 0 radical (unpaired) electrons. The zero-order valence-electron chi connectivity index (χ0n) is 20.9. The molecule has 202 valence electrons. The maximum atomic E-state index is 13.8. The van der Waals surface area contributed by atoms with Gasteiger partial charge in [0.15, 0.2) is 17.2 Å². The van der Waals surface area contributed by atoms with Crippen LogP contribution in [0.2, 0.25) is 0 Å². The Morgan fingerprint density at radius 1 is 1.03 bits per heavy atom. The van der Waals surface area contributed by atoms with Gasteiger partial charge < -0.3 is 14.6 Å². The van der Waals surface area contributed by atoms with Gasteiger partial charge in [-0.3, -0.25) is 19.3 Å². The quantitative estimate of drug-likeness (QED) is 0.312.